The first-order valence-electron chi connectivity index (χ1n) is 9.33. The van der Waals surface area contributed by atoms with Crippen molar-refractivity contribution >= 4 is 27.5 Å². The summed E-state index contributed by atoms with van der Waals surface area (Å²) in [5.41, 5.74) is 2.50. The van der Waals surface area contributed by atoms with Crippen molar-refractivity contribution in [2.45, 2.75) is 50.2 Å². The molecule has 2 aliphatic rings. The van der Waals surface area contributed by atoms with E-state index in [0.29, 0.717) is 11.3 Å². The summed E-state index contributed by atoms with van der Waals surface area (Å²) in [5, 5.41) is 9.78. The molecule has 0 bridgehead atoms. The van der Waals surface area contributed by atoms with Gasteiger partial charge in [0.1, 0.15) is 5.82 Å². The van der Waals surface area contributed by atoms with E-state index in [2.05, 4.69) is 15.7 Å². The van der Waals surface area contributed by atoms with E-state index >= 15 is 0 Å². The summed E-state index contributed by atoms with van der Waals surface area (Å²) in [7, 11) is -3.30. The van der Waals surface area contributed by atoms with Gasteiger partial charge in [-0.25, -0.2) is 13.1 Å². The Bertz CT molecular complexity index is 1050. The Morgan fingerprint density at radius 1 is 1.11 bits per heavy atom. The van der Waals surface area contributed by atoms with Crippen LogP contribution in [0.2, 0.25) is 0 Å². The van der Waals surface area contributed by atoms with Crippen molar-refractivity contribution in [3.63, 3.8) is 0 Å². The van der Waals surface area contributed by atoms with Crippen LogP contribution in [0.25, 0.3) is 5.69 Å². The Hall–Kier alpha value is -2.68. The normalized spacial score (nSPS) is 18.0. The molecular weight excluding hydrogens is 380 g/mol. The molecule has 0 saturated heterocycles. The zero-order chi connectivity index (χ0) is 19.9. The summed E-state index contributed by atoms with van der Waals surface area (Å²) in [6.45, 7) is 1.90. The molecule has 1 saturated carbocycles. The lowest BCUT2D eigenvalue weighted by molar-refractivity contribution is -0.136. The number of benzene rings is 1. The highest BCUT2D eigenvalue weighted by Gasteiger charge is 2.34. The first-order chi connectivity index (χ1) is 13.3. The monoisotopic (exact) mass is 402 g/mol. The van der Waals surface area contributed by atoms with E-state index in [1.54, 1.807) is 0 Å². The van der Waals surface area contributed by atoms with Gasteiger partial charge in [0, 0.05) is 11.6 Å². The van der Waals surface area contributed by atoms with Gasteiger partial charge in [0.25, 0.3) is 0 Å². The molecule has 1 aromatic heterocycles. The molecule has 0 unspecified atom stereocenters. The number of nitrogens with one attached hydrogen (secondary N) is 2. The van der Waals surface area contributed by atoms with Crippen LogP contribution in [0.3, 0.4) is 0 Å². The number of aryl methyl sites for hydroxylation is 1. The molecule has 148 valence electrons. The third-order valence-electron chi connectivity index (χ3n) is 5.26. The predicted octanol–water partition coefficient (Wildman–Crippen LogP) is 1.61. The minimum atomic E-state index is -3.30. The van der Waals surface area contributed by atoms with E-state index in [1.165, 1.54) is 4.68 Å². The maximum absolute atomic E-state index is 12.5. The Morgan fingerprint density at radius 3 is 2.54 bits per heavy atom. The van der Waals surface area contributed by atoms with Crippen molar-refractivity contribution in [3.8, 4) is 5.69 Å². The molecule has 2 N–H and O–H groups in total. The van der Waals surface area contributed by atoms with Crippen LogP contribution in [0, 0.1) is 6.92 Å². The average Bonchev–Trinajstić information content (AvgIpc) is 3.32. The van der Waals surface area contributed by atoms with Gasteiger partial charge in [-0.05, 0) is 31.4 Å². The number of sulfone groups is 1. The van der Waals surface area contributed by atoms with Gasteiger partial charge in [-0.2, -0.15) is 5.10 Å². The lowest BCUT2D eigenvalue weighted by atomic mass is 10.2. The minimum Gasteiger partial charge on any atom is -0.345 e. The second kappa shape index (κ2) is 7.05. The summed E-state index contributed by atoms with van der Waals surface area (Å²) < 4.78 is 25.6. The van der Waals surface area contributed by atoms with Crippen molar-refractivity contribution < 1.29 is 18.0 Å². The summed E-state index contributed by atoms with van der Waals surface area (Å²) in [6.07, 6.45) is 3.82. The molecule has 2 heterocycles. The number of para-hydroxylation sites is 1. The first kappa shape index (κ1) is 18.7. The smallest absolute Gasteiger partial charge is 0.314 e. The lowest BCUT2D eigenvalue weighted by Gasteiger charge is -2.14. The summed E-state index contributed by atoms with van der Waals surface area (Å²) >= 11 is 0. The van der Waals surface area contributed by atoms with Crippen LogP contribution in [0.15, 0.2) is 24.3 Å². The molecule has 0 atom stereocenters. The molecule has 0 spiro atoms. The molecule has 0 radical (unpaired) electrons. The van der Waals surface area contributed by atoms with Crippen molar-refractivity contribution in [3.05, 3.63) is 41.1 Å². The largest absolute Gasteiger partial charge is 0.345 e. The molecule has 8 nitrogen and oxygen atoms in total. The van der Waals surface area contributed by atoms with Crippen LogP contribution in [0.1, 0.15) is 42.5 Å². The van der Waals surface area contributed by atoms with Gasteiger partial charge in [0.2, 0.25) is 0 Å². The van der Waals surface area contributed by atoms with Gasteiger partial charge >= 0.3 is 11.8 Å². The number of aromatic nitrogens is 2. The zero-order valence-corrected chi connectivity index (χ0v) is 16.4. The quantitative estimate of drug-likeness (QED) is 0.758. The van der Waals surface area contributed by atoms with Crippen LogP contribution in [0.5, 0.6) is 0 Å². The zero-order valence-electron chi connectivity index (χ0n) is 15.6. The maximum Gasteiger partial charge on any atom is 0.314 e. The van der Waals surface area contributed by atoms with Crippen LogP contribution < -0.4 is 10.6 Å². The predicted molar refractivity (Wildman–Crippen MR) is 104 cm³/mol. The number of hydrogen-bond donors (Lipinski definition) is 2. The number of fused-ring (bicyclic) bond motifs is 1. The van der Waals surface area contributed by atoms with E-state index in [0.717, 1.165) is 36.9 Å². The topological polar surface area (TPSA) is 110 Å². The Kier molecular flexibility index (Phi) is 4.70. The van der Waals surface area contributed by atoms with E-state index in [4.69, 9.17) is 0 Å². The van der Waals surface area contributed by atoms with Crippen molar-refractivity contribution in [1.82, 2.24) is 15.1 Å². The fourth-order valence-corrected chi connectivity index (χ4v) is 5.33. The number of nitrogens with zero attached hydrogens (tertiary/aromatic N) is 2. The highest BCUT2D eigenvalue weighted by molar-refractivity contribution is 7.90. The maximum atomic E-state index is 12.5. The van der Waals surface area contributed by atoms with Gasteiger partial charge in [-0.3, -0.25) is 9.59 Å². The Balaban J connectivity index is 1.66. The number of rotatable bonds is 3. The third-order valence-corrected chi connectivity index (χ3v) is 6.70. The lowest BCUT2D eigenvalue weighted by Crippen LogP contribution is -2.41. The molecule has 9 heteroatoms. The van der Waals surface area contributed by atoms with Crippen LogP contribution in [-0.2, 0) is 30.9 Å². The summed E-state index contributed by atoms with van der Waals surface area (Å²) in [4.78, 5) is 24.8. The second-order valence-corrected chi connectivity index (χ2v) is 9.48. The summed E-state index contributed by atoms with van der Waals surface area (Å²) in [5.74, 6) is -1.64. The Morgan fingerprint density at radius 2 is 1.82 bits per heavy atom. The van der Waals surface area contributed by atoms with Crippen molar-refractivity contribution in [2.24, 2.45) is 0 Å². The number of amides is 2. The van der Waals surface area contributed by atoms with Crippen LogP contribution in [0.4, 0.5) is 5.82 Å². The third kappa shape index (κ3) is 3.54. The number of hydrogen-bond acceptors (Lipinski definition) is 5. The van der Waals surface area contributed by atoms with Crippen LogP contribution >= 0.6 is 0 Å². The molecule has 2 amide bonds. The second-order valence-electron chi connectivity index (χ2n) is 7.41. The SMILES string of the molecule is Cc1ccccc1-n1nc2c(c1NC(=O)C(=O)NC1CCCC1)CS(=O)(=O)C2. The van der Waals surface area contributed by atoms with E-state index in [1.807, 2.05) is 31.2 Å². The highest BCUT2D eigenvalue weighted by atomic mass is 32.2. The average molecular weight is 402 g/mol. The molecule has 1 fully saturated rings. The minimum absolute atomic E-state index is 0.0191. The molecule has 1 aliphatic carbocycles. The standard InChI is InChI=1S/C19H22N4O4S/c1-12-6-2-5-9-16(12)23-17(14-10-28(26,27)11-15(14)22-23)21-19(25)18(24)20-13-7-3-4-8-13/h2,5-6,9,13H,3-4,7-8,10-11H2,1H3,(H,20,24)(H,21,25). The van der Waals surface area contributed by atoms with Gasteiger partial charge < -0.3 is 10.6 Å². The molecule has 1 aliphatic heterocycles. The van der Waals surface area contributed by atoms with E-state index in [-0.39, 0.29) is 23.4 Å². The van der Waals surface area contributed by atoms with Crippen molar-refractivity contribution in [2.75, 3.05) is 5.32 Å². The number of anilines is 1. The molecule has 1 aromatic carbocycles. The first-order valence-corrected chi connectivity index (χ1v) is 11.2. The molecule has 2 aromatic rings. The van der Waals surface area contributed by atoms with E-state index in [9.17, 15) is 18.0 Å². The van der Waals surface area contributed by atoms with Crippen LogP contribution in [-0.4, -0.2) is 36.1 Å². The molecule has 28 heavy (non-hydrogen) atoms. The molecular formula is C19H22N4O4S. The van der Waals surface area contributed by atoms with Crippen molar-refractivity contribution in [1.29, 1.82) is 0 Å². The van der Waals surface area contributed by atoms with Gasteiger partial charge in [-0.1, -0.05) is 31.0 Å². The summed E-state index contributed by atoms with van der Waals surface area (Å²) in [6, 6.07) is 7.47. The molecule has 4 rings (SSSR count). The number of carbonyl (C=O) groups is 2. The van der Waals surface area contributed by atoms with Gasteiger partial charge in [-0.15, -0.1) is 0 Å². The van der Waals surface area contributed by atoms with Gasteiger partial charge in [0.05, 0.1) is 22.9 Å². The highest BCUT2D eigenvalue weighted by Crippen LogP contribution is 2.33. The fraction of sp³-hybridized carbons (Fsp3) is 0.421. The van der Waals surface area contributed by atoms with E-state index < -0.39 is 21.7 Å². The number of carbonyl (C=O) groups excluding carboxylic acids is 2. The van der Waals surface area contributed by atoms with Gasteiger partial charge in [0.15, 0.2) is 9.84 Å². The fourth-order valence-electron chi connectivity index (χ4n) is 3.83. The Labute approximate surface area is 163 Å².